The van der Waals surface area contributed by atoms with Crippen LogP contribution in [0.15, 0.2) is 59.0 Å². The minimum absolute atomic E-state index is 0.0347. The second-order valence-electron chi connectivity index (χ2n) is 5.94. The molecule has 0 bridgehead atoms. The molecule has 0 saturated carbocycles. The number of rotatable bonds is 6. The smallest absolute Gasteiger partial charge is 0.247 e. The van der Waals surface area contributed by atoms with Crippen LogP contribution in [-0.2, 0) is 15.6 Å². The third-order valence-electron chi connectivity index (χ3n) is 3.60. The Kier molecular flexibility index (Phi) is 4.85. The third kappa shape index (κ3) is 4.67. The Labute approximate surface area is 146 Å². The van der Waals surface area contributed by atoms with Gasteiger partial charge in [0.15, 0.2) is 9.84 Å². The first-order valence-corrected chi connectivity index (χ1v) is 9.89. The molecule has 3 aromatic rings. The lowest BCUT2D eigenvalue weighted by molar-refractivity contribution is 0.485. The van der Waals surface area contributed by atoms with Gasteiger partial charge in [-0.15, -0.1) is 10.2 Å². The van der Waals surface area contributed by atoms with E-state index in [-0.39, 0.29) is 11.8 Å². The van der Waals surface area contributed by atoms with Crippen molar-refractivity contribution in [3.63, 3.8) is 0 Å². The predicted octanol–water partition coefficient (Wildman–Crippen LogP) is 3.45. The molecule has 7 heteroatoms. The molecule has 1 atom stereocenters. The van der Waals surface area contributed by atoms with E-state index in [0.717, 1.165) is 16.8 Å². The summed E-state index contributed by atoms with van der Waals surface area (Å²) in [5.41, 5.74) is 2.48. The maximum absolute atomic E-state index is 11.3. The summed E-state index contributed by atoms with van der Waals surface area (Å²) in [6, 6.07) is 16.7. The quantitative estimate of drug-likeness (QED) is 0.727. The van der Waals surface area contributed by atoms with Crippen molar-refractivity contribution in [3.8, 4) is 11.5 Å². The molecule has 130 valence electrons. The highest BCUT2D eigenvalue weighted by Gasteiger charge is 2.15. The molecule has 1 heterocycles. The van der Waals surface area contributed by atoms with Gasteiger partial charge in [-0.3, -0.25) is 0 Å². The van der Waals surface area contributed by atoms with Gasteiger partial charge in [0.2, 0.25) is 11.8 Å². The number of hydrogen-bond donors (Lipinski definition) is 1. The molecule has 1 N–H and O–H groups in total. The van der Waals surface area contributed by atoms with E-state index in [1.807, 2.05) is 49.4 Å². The molecule has 2 aromatic carbocycles. The molecule has 25 heavy (non-hydrogen) atoms. The van der Waals surface area contributed by atoms with Gasteiger partial charge in [-0.25, -0.2) is 8.42 Å². The number of aromatic nitrogens is 2. The first kappa shape index (κ1) is 17.2. The highest BCUT2D eigenvalue weighted by atomic mass is 32.2. The fourth-order valence-corrected chi connectivity index (χ4v) is 3.22. The highest BCUT2D eigenvalue weighted by molar-refractivity contribution is 7.89. The van der Waals surface area contributed by atoms with Crippen LogP contribution in [0.5, 0.6) is 0 Å². The van der Waals surface area contributed by atoms with Gasteiger partial charge in [-0.05, 0) is 36.8 Å². The lowest BCUT2D eigenvalue weighted by Crippen LogP contribution is -2.07. The molecule has 6 nitrogen and oxygen atoms in total. The maximum atomic E-state index is 11.3. The van der Waals surface area contributed by atoms with Crippen LogP contribution in [-0.4, -0.2) is 24.9 Å². The van der Waals surface area contributed by atoms with Gasteiger partial charge in [0, 0.05) is 17.5 Å². The molecule has 0 radical (unpaired) electrons. The monoisotopic (exact) mass is 357 g/mol. The Balaban J connectivity index is 1.68. The van der Waals surface area contributed by atoms with Crippen molar-refractivity contribution in [2.45, 2.75) is 18.7 Å². The number of hydrogen-bond acceptors (Lipinski definition) is 6. The fourth-order valence-electron chi connectivity index (χ4n) is 2.42. The maximum Gasteiger partial charge on any atom is 0.247 e. The molecule has 0 amide bonds. The summed E-state index contributed by atoms with van der Waals surface area (Å²) in [5.74, 6) is 0.999. The number of anilines is 1. The zero-order valence-electron chi connectivity index (χ0n) is 14.0. The number of nitrogens with one attached hydrogen (secondary N) is 1. The van der Waals surface area contributed by atoms with Gasteiger partial charge in [-0.2, -0.15) is 0 Å². The van der Waals surface area contributed by atoms with Crippen molar-refractivity contribution < 1.29 is 12.8 Å². The molecular weight excluding hydrogens is 338 g/mol. The van der Waals surface area contributed by atoms with E-state index in [0.29, 0.717) is 11.8 Å². The number of benzene rings is 2. The van der Waals surface area contributed by atoms with Gasteiger partial charge in [-0.1, -0.05) is 30.3 Å². The Bertz CT molecular complexity index is 935. The second-order valence-corrected chi connectivity index (χ2v) is 8.08. The Morgan fingerprint density at radius 2 is 1.72 bits per heavy atom. The molecule has 0 fully saturated rings. The van der Waals surface area contributed by atoms with Crippen molar-refractivity contribution in [1.82, 2.24) is 10.2 Å². The average molecular weight is 357 g/mol. The van der Waals surface area contributed by atoms with Gasteiger partial charge in [0.1, 0.15) is 6.04 Å². The molecule has 0 spiro atoms. The standard InChI is InChI=1S/C18H19N3O3S/c1-13(17-20-21-18(24-17)15-6-4-3-5-7-15)19-16-10-8-14(9-11-16)12-25(2,22)23/h3-11,13,19H,12H2,1-2H3/t13-/m1/s1. The lowest BCUT2D eigenvalue weighted by atomic mass is 10.2. The zero-order chi connectivity index (χ0) is 17.9. The molecule has 0 saturated heterocycles. The van der Waals surface area contributed by atoms with Crippen LogP contribution in [0.1, 0.15) is 24.4 Å². The van der Waals surface area contributed by atoms with Gasteiger partial charge in [0.05, 0.1) is 5.75 Å². The van der Waals surface area contributed by atoms with Gasteiger partial charge < -0.3 is 9.73 Å². The van der Waals surface area contributed by atoms with E-state index < -0.39 is 9.84 Å². The van der Waals surface area contributed by atoms with E-state index in [1.54, 1.807) is 12.1 Å². The molecular formula is C18H19N3O3S. The summed E-state index contributed by atoms with van der Waals surface area (Å²) < 4.78 is 28.4. The van der Waals surface area contributed by atoms with Crippen LogP contribution in [0.4, 0.5) is 5.69 Å². The molecule has 3 rings (SSSR count). The van der Waals surface area contributed by atoms with Crippen LogP contribution in [0.3, 0.4) is 0 Å². The Morgan fingerprint density at radius 1 is 1.04 bits per heavy atom. The van der Waals surface area contributed by atoms with Crippen LogP contribution < -0.4 is 5.32 Å². The summed E-state index contributed by atoms with van der Waals surface area (Å²) in [7, 11) is -3.03. The van der Waals surface area contributed by atoms with E-state index in [9.17, 15) is 8.42 Å². The van der Waals surface area contributed by atoms with Crippen molar-refractivity contribution in [1.29, 1.82) is 0 Å². The minimum Gasteiger partial charge on any atom is -0.418 e. The molecule has 1 aromatic heterocycles. The van der Waals surface area contributed by atoms with E-state index >= 15 is 0 Å². The average Bonchev–Trinajstić information content (AvgIpc) is 3.06. The summed E-state index contributed by atoms with van der Waals surface area (Å²) in [6.45, 7) is 1.92. The molecule has 0 aliphatic heterocycles. The van der Waals surface area contributed by atoms with E-state index in [2.05, 4.69) is 15.5 Å². The first-order chi connectivity index (χ1) is 11.9. The van der Waals surface area contributed by atoms with Crippen LogP contribution in [0, 0.1) is 0 Å². The van der Waals surface area contributed by atoms with Crippen molar-refractivity contribution in [3.05, 3.63) is 66.1 Å². The fraction of sp³-hybridized carbons (Fsp3) is 0.222. The van der Waals surface area contributed by atoms with Gasteiger partial charge >= 0.3 is 0 Å². The van der Waals surface area contributed by atoms with Crippen LogP contribution in [0.2, 0.25) is 0 Å². The largest absolute Gasteiger partial charge is 0.418 e. The predicted molar refractivity (Wildman–Crippen MR) is 96.8 cm³/mol. The second kappa shape index (κ2) is 7.06. The van der Waals surface area contributed by atoms with Crippen LogP contribution in [0.25, 0.3) is 11.5 Å². The summed E-state index contributed by atoms with van der Waals surface area (Å²) >= 11 is 0. The summed E-state index contributed by atoms with van der Waals surface area (Å²) in [5, 5.41) is 11.4. The lowest BCUT2D eigenvalue weighted by Gasteiger charge is -2.11. The van der Waals surface area contributed by atoms with Crippen molar-refractivity contribution >= 4 is 15.5 Å². The van der Waals surface area contributed by atoms with Gasteiger partial charge in [0.25, 0.3) is 0 Å². The zero-order valence-corrected chi connectivity index (χ0v) is 14.8. The number of sulfone groups is 1. The number of nitrogens with zero attached hydrogens (tertiary/aromatic N) is 2. The summed E-state index contributed by atoms with van der Waals surface area (Å²) in [4.78, 5) is 0. The van der Waals surface area contributed by atoms with Crippen LogP contribution >= 0.6 is 0 Å². The van der Waals surface area contributed by atoms with Crippen molar-refractivity contribution in [2.75, 3.05) is 11.6 Å². The van der Waals surface area contributed by atoms with Crippen molar-refractivity contribution in [2.24, 2.45) is 0 Å². The molecule has 0 unspecified atom stereocenters. The molecule has 0 aliphatic rings. The first-order valence-electron chi connectivity index (χ1n) is 7.83. The summed E-state index contributed by atoms with van der Waals surface area (Å²) in [6.07, 6.45) is 1.22. The van der Waals surface area contributed by atoms with E-state index in [4.69, 9.17) is 4.42 Å². The topological polar surface area (TPSA) is 85.1 Å². The SMILES string of the molecule is C[C@@H](Nc1ccc(CS(C)(=O)=O)cc1)c1nnc(-c2ccccc2)o1. The normalized spacial score (nSPS) is 12.7. The van der Waals surface area contributed by atoms with E-state index in [1.165, 1.54) is 6.26 Å². The Morgan fingerprint density at radius 3 is 2.36 bits per heavy atom. The third-order valence-corrected chi connectivity index (χ3v) is 4.46. The molecule has 0 aliphatic carbocycles. The highest BCUT2D eigenvalue weighted by Crippen LogP contribution is 2.23. The minimum atomic E-state index is -3.03. The Hall–Kier alpha value is -2.67.